The lowest BCUT2D eigenvalue weighted by atomic mass is 10.2. The van der Waals surface area contributed by atoms with Gasteiger partial charge in [0.25, 0.3) is 0 Å². The Morgan fingerprint density at radius 3 is 2.79 bits per heavy atom. The highest BCUT2D eigenvalue weighted by Crippen LogP contribution is 2.16. The lowest BCUT2D eigenvalue weighted by molar-refractivity contribution is 0.315. The fourth-order valence-corrected chi connectivity index (χ4v) is 1.44. The highest BCUT2D eigenvalue weighted by molar-refractivity contribution is 5.27. The minimum absolute atomic E-state index is 0.290. The highest BCUT2D eigenvalue weighted by Gasteiger charge is 2.05. The topological polar surface area (TPSA) is 36.4 Å². The van der Waals surface area contributed by atoms with E-state index in [1.165, 1.54) is 0 Å². The quantitative estimate of drug-likeness (QED) is 0.795. The summed E-state index contributed by atoms with van der Waals surface area (Å²) in [5.74, 6) is 0.290. The largest absolute Gasteiger partial charge is 0.506 e. The standard InChI is InChI=1S/C11H18N2O/c1-4-7-13(3)8-10-11(14)6-5-9(2)12-10/h5-6,14H,4,7-8H2,1-3H3. The van der Waals surface area contributed by atoms with E-state index in [0.717, 1.165) is 24.4 Å². The predicted octanol–water partition coefficient (Wildman–Crippen LogP) is 1.94. The third kappa shape index (κ3) is 3.00. The zero-order valence-corrected chi connectivity index (χ0v) is 9.12. The molecule has 0 atom stereocenters. The average Bonchev–Trinajstić information content (AvgIpc) is 2.12. The Kier molecular flexibility index (Phi) is 3.89. The molecule has 0 aromatic carbocycles. The molecule has 78 valence electrons. The van der Waals surface area contributed by atoms with Crippen LogP contribution in [0.2, 0.25) is 0 Å². The Hall–Kier alpha value is -1.09. The van der Waals surface area contributed by atoms with Gasteiger partial charge in [0, 0.05) is 12.2 Å². The number of aromatic hydroxyl groups is 1. The highest BCUT2D eigenvalue weighted by atomic mass is 16.3. The molecule has 0 radical (unpaired) electrons. The van der Waals surface area contributed by atoms with E-state index in [0.29, 0.717) is 12.3 Å². The summed E-state index contributed by atoms with van der Waals surface area (Å²) in [6, 6.07) is 3.52. The van der Waals surface area contributed by atoms with Crippen LogP contribution in [-0.2, 0) is 6.54 Å². The van der Waals surface area contributed by atoms with Crippen molar-refractivity contribution in [1.82, 2.24) is 9.88 Å². The second kappa shape index (κ2) is 4.96. The third-order valence-corrected chi connectivity index (χ3v) is 2.11. The van der Waals surface area contributed by atoms with Gasteiger partial charge in [0.2, 0.25) is 0 Å². The van der Waals surface area contributed by atoms with Crippen molar-refractivity contribution in [3.63, 3.8) is 0 Å². The molecule has 0 aliphatic carbocycles. The Morgan fingerprint density at radius 2 is 2.14 bits per heavy atom. The normalized spacial score (nSPS) is 10.9. The summed E-state index contributed by atoms with van der Waals surface area (Å²) >= 11 is 0. The van der Waals surface area contributed by atoms with Crippen molar-refractivity contribution < 1.29 is 5.11 Å². The van der Waals surface area contributed by atoms with E-state index in [2.05, 4.69) is 16.8 Å². The maximum Gasteiger partial charge on any atom is 0.138 e. The maximum absolute atomic E-state index is 9.56. The first-order valence-corrected chi connectivity index (χ1v) is 4.97. The van der Waals surface area contributed by atoms with E-state index in [4.69, 9.17) is 0 Å². The Balaban J connectivity index is 2.70. The minimum Gasteiger partial charge on any atom is -0.506 e. The SMILES string of the molecule is CCCN(C)Cc1nc(C)ccc1O. The summed E-state index contributed by atoms with van der Waals surface area (Å²) in [7, 11) is 2.03. The van der Waals surface area contributed by atoms with Crippen molar-refractivity contribution in [2.24, 2.45) is 0 Å². The molecule has 0 aliphatic heterocycles. The second-order valence-electron chi connectivity index (χ2n) is 3.66. The van der Waals surface area contributed by atoms with E-state index in [-0.39, 0.29) is 0 Å². The van der Waals surface area contributed by atoms with E-state index in [1.54, 1.807) is 6.07 Å². The lowest BCUT2D eigenvalue weighted by Crippen LogP contribution is -2.19. The summed E-state index contributed by atoms with van der Waals surface area (Å²) < 4.78 is 0. The minimum atomic E-state index is 0.290. The summed E-state index contributed by atoms with van der Waals surface area (Å²) in [5.41, 5.74) is 1.71. The second-order valence-corrected chi connectivity index (χ2v) is 3.66. The van der Waals surface area contributed by atoms with Gasteiger partial charge in [0.15, 0.2) is 0 Å². The first kappa shape index (κ1) is 11.0. The molecule has 0 bridgehead atoms. The summed E-state index contributed by atoms with van der Waals surface area (Å²) in [5, 5.41) is 9.56. The van der Waals surface area contributed by atoms with Gasteiger partial charge in [0.1, 0.15) is 5.75 Å². The van der Waals surface area contributed by atoms with Crippen LogP contribution in [0.15, 0.2) is 12.1 Å². The molecule has 0 saturated heterocycles. The molecule has 0 saturated carbocycles. The predicted molar refractivity (Wildman–Crippen MR) is 57.3 cm³/mol. The van der Waals surface area contributed by atoms with Gasteiger partial charge in [-0.1, -0.05) is 6.92 Å². The molecule has 14 heavy (non-hydrogen) atoms. The van der Waals surface area contributed by atoms with Gasteiger partial charge in [-0.15, -0.1) is 0 Å². The average molecular weight is 194 g/mol. The van der Waals surface area contributed by atoms with Crippen LogP contribution in [0.1, 0.15) is 24.7 Å². The van der Waals surface area contributed by atoms with Gasteiger partial charge >= 0.3 is 0 Å². The van der Waals surface area contributed by atoms with Crippen molar-refractivity contribution in [3.05, 3.63) is 23.5 Å². The van der Waals surface area contributed by atoms with Crippen LogP contribution < -0.4 is 0 Å². The molecular formula is C11H18N2O. The van der Waals surface area contributed by atoms with Crippen molar-refractivity contribution in [1.29, 1.82) is 0 Å². The number of hydrogen-bond acceptors (Lipinski definition) is 3. The summed E-state index contributed by atoms with van der Waals surface area (Å²) in [4.78, 5) is 6.46. The maximum atomic E-state index is 9.56. The molecule has 1 N–H and O–H groups in total. The zero-order chi connectivity index (χ0) is 10.6. The molecule has 0 spiro atoms. The fraction of sp³-hybridized carbons (Fsp3) is 0.545. The van der Waals surface area contributed by atoms with E-state index in [9.17, 15) is 5.11 Å². The van der Waals surface area contributed by atoms with Crippen LogP contribution in [0.25, 0.3) is 0 Å². The zero-order valence-electron chi connectivity index (χ0n) is 9.12. The van der Waals surface area contributed by atoms with Crippen LogP contribution >= 0.6 is 0 Å². The number of aryl methyl sites for hydroxylation is 1. The van der Waals surface area contributed by atoms with E-state index in [1.807, 2.05) is 20.0 Å². The summed E-state index contributed by atoms with van der Waals surface area (Å²) in [6.07, 6.45) is 1.11. The van der Waals surface area contributed by atoms with E-state index >= 15 is 0 Å². The first-order valence-electron chi connectivity index (χ1n) is 4.97. The molecule has 1 aromatic rings. The van der Waals surface area contributed by atoms with Gasteiger partial charge in [-0.3, -0.25) is 4.98 Å². The fourth-order valence-electron chi connectivity index (χ4n) is 1.44. The number of rotatable bonds is 4. The Morgan fingerprint density at radius 1 is 1.43 bits per heavy atom. The number of nitrogens with zero attached hydrogens (tertiary/aromatic N) is 2. The van der Waals surface area contributed by atoms with Gasteiger partial charge in [0.05, 0.1) is 5.69 Å². The molecule has 3 nitrogen and oxygen atoms in total. The van der Waals surface area contributed by atoms with Crippen molar-refractivity contribution in [2.75, 3.05) is 13.6 Å². The number of aromatic nitrogens is 1. The van der Waals surface area contributed by atoms with Crippen LogP contribution in [0.5, 0.6) is 5.75 Å². The number of hydrogen-bond donors (Lipinski definition) is 1. The van der Waals surface area contributed by atoms with Crippen LogP contribution in [0.3, 0.4) is 0 Å². The molecular weight excluding hydrogens is 176 g/mol. The van der Waals surface area contributed by atoms with Crippen LogP contribution in [0.4, 0.5) is 0 Å². The van der Waals surface area contributed by atoms with Crippen molar-refractivity contribution in [2.45, 2.75) is 26.8 Å². The smallest absolute Gasteiger partial charge is 0.138 e. The molecule has 0 aliphatic rings. The monoisotopic (exact) mass is 194 g/mol. The molecule has 0 amide bonds. The Labute approximate surface area is 85.4 Å². The van der Waals surface area contributed by atoms with Gasteiger partial charge in [-0.25, -0.2) is 0 Å². The van der Waals surface area contributed by atoms with Crippen molar-refractivity contribution in [3.8, 4) is 5.75 Å². The third-order valence-electron chi connectivity index (χ3n) is 2.11. The Bertz CT molecular complexity index is 299. The van der Waals surface area contributed by atoms with Gasteiger partial charge < -0.3 is 10.0 Å². The molecule has 0 fully saturated rings. The molecule has 1 heterocycles. The molecule has 3 heteroatoms. The van der Waals surface area contributed by atoms with Crippen molar-refractivity contribution >= 4 is 0 Å². The van der Waals surface area contributed by atoms with Gasteiger partial charge in [-0.2, -0.15) is 0 Å². The molecule has 1 rings (SSSR count). The number of pyridine rings is 1. The molecule has 1 aromatic heterocycles. The van der Waals surface area contributed by atoms with Crippen LogP contribution in [-0.4, -0.2) is 28.6 Å². The first-order chi connectivity index (χ1) is 6.63. The van der Waals surface area contributed by atoms with Gasteiger partial charge in [-0.05, 0) is 39.1 Å². The lowest BCUT2D eigenvalue weighted by Gasteiger charge is -2.15. The molecule has 0 unspecified atom stereocenters. The van der Waals surface area contributed by atoms with E-state index < -0.39 is 0 Å². The van der Waals surface area contributed by atoms with Crippen LogP contribution in [0, 0.1) is 6.92 Å². The summed E-state index contributed by atoms with van der Waals surface area (Å²) in [6.45, 7) is 5.80.